The zero-order valence-corrected chi connectivity index (χ0v) is 12.4. The molecule has 2 N–H and O–H groups in total. The quantitative estimate of drug-likeness (QED) is 0.898. The Bertz CT molecular complexity index is 562. The highest BCUT2D eigenvalue weighted by atomic mass is 16.5. The van der Waals surface area contributed by atoms with Crippen molar-refractivity contribution in [2.24, 2.45) is 5.73 Å². The Kier molecular flexibility index (Phi) is 4.74. The minimum atomic E-state index is 0.484. The highest BCUT2D eigenvalue weighted by molar-refractivity contribution is 5.40. The molecule has 0 spiro atoms. The summed E-state index contributed by atoms with van der Waals surface area (Å²) >= 11 is 0. The van der Waals surface area contributed by atoms with Gasteiger partial charge in [0.1, 0.15) is 5.75 Å². The molecular weight excluding hydrogens is 248 g/mol. The summed E-state index contributed by atoms with van der Waals surface area (Å²) in [4.78, 5) is 4.33. The maximum Gasteiger partial charge on any atom is 0.219 e. The molecule has 1 aromatic heterocycles. The van der Waals surface area contributed by atoms with Gasteiger partial charge in [-0.2, -0.15) is 0 Å². The van der Waals surface area contributed by atoms with Gasteiger partial charge < -0.3 is 10.5 Å². The first kappa shape index (κ1) is 14.5. The highest BCUT2D eigenvalue weighted by Gasteiger charge is 2.06. The lowest BCUT2D eigenvalue weighted by Crippen LogP contribution is -2.03. The molecule has 1 heterocycles. The van der Waals surface area contributed by atoms with Gasteiger partial charge >= 0.3 is 0 Å². The minimum absolute atomic E-state index is 0.484. The van der Waals surface area contributed by atoms with Gasteiger partial charge in [0.2, 0.25) is 5.88 Å². The van der Waals surface area contributed by atoms with E-state index in [0.717, 1.165) is 23.3 Å². The molecule has 3 nitrogen and oxygen atoms in total. The van der Waals surface area contributed by atoms with Crippen LogP contribution in [-0.4, -0.2) is 11.5 Å². The summed E-state index contributed by atoms with van der Waals surface area (Å²) in [6, 6.07) is 10.2. The van der Waals surface area contributed by atoms with Gasteiger partial charge in [-0.05, 0) is 48.6 Å². The molecule has 0 amide bonds. The summed E-state index contributed by atoms with van der Waals surface area (Å²) in [5.74, 6) is 1.97. The van der Waals surface area contributed by atoms with E-state index in [0.29, 0.717) is 18.3 Å². The number of hydrogen-bond acceptors (Lipinski definition) is 3. The number of aryl methyl sites for hydroxylation is 1. The molecule has 0 atom stereocenters. The lowest BCUT2D eigenvalue weighted by Gasteiger charge is -2.12. The first-order chi connectivity index (χ1) is 9.60. The van der Waals surface area contributed by atoms with E-state index in [9.17, 15) is 0 Å². The van der Waals surface area contributed by atoms with E-state index in [2.05, 4.69) is 37.0 Å². The van der Waals surface area contributed by atoms with Gasteiger partial charge in [0.15, 0.2) is 0 Å². The van der Waals surface area contributed by atoms with Crippen molar-refractivity contribution in [3.05, 3.63) is 53.2 Å². The van der Waals surface area contributed by atoms with Crippen LogP contribution in [-0.2, 0) is 6.42 Å². The van der Waals surface area contributed by atoms with E-state index < -0.39 is 0 Å². The fraction of sp³-hybridized carbons (Fsp3) is 0.353. The van der Waals surface area contributed by atoms with Crippen LogP contribution in [0.15, 0.2) is 36.5 Å². The summed E-state index contributed by atoms with van der Waals surface area (Å²) in [6.07, 6.45) is 2.67. The topological polar surface area (TPSA) is 48.1 Å². The molecule has 106 valence electrons. The van der Waals surface area contributed by atoms with E-state index in [4.69, 9.17) is 10.5 Å². The summed E-state index contributed by atoms with van der Waals surface area (Å²) in [5, 5.41) is 0. The monoisotopic (exact) mass is 270 g/mol. The third-order valence-electron chi connectivity index (χ3n) is 3.32. The van der Waals surface area contributed by atoms with Crippen molar-refractivity contribution in [3.63, 3.8) is 0 Å². The number of rotatable bonds is 5. The van der Waals surface area contributed by atoms with E-state index in [-0.39, 0.29) is 0 Å². The smallest absolute Gasteiger partial charge is 0.219 e. The lowest BCUT2D eigenvalue weighted by molar-refractivity contribution is 0.458. The molecule has 1 aromatic carbocycles. The van der Waals surface area contributed by atoms with Gasteiger partial charge in [-0.15, -0.1) is 0 Å². The molecule has 3 heteroatoms. The largest absolute Gasteiger partial charge is 0.439 e. The van der Waals surface area contributed by atoms with Gasteiger partial charge in [-0.25, -0.2) is 4.98 Å². The van der Waals surface area contributed by atoms with Crippen LogP contribution in [0.4, 0.5) is 0 Å². The van der Waals surface area contributed by atoms with Crippen molar-refractivity contribution in [3.8, 4) is 11.6 Å². The Morgan fingerprint density at radius 1 is 1.20 bits per heavy atom. The second-order valence-corrected chi connectivity index (χ2v) is 5.33. The van der Waals surface area contributed by atoms with E-state index in [1.54, 1.807) is 0 Å². The Morgan fingerprint density at radius 3 is 2.60 bits per heavy atom. The molecule has 0 fully saturated rings. The van der Waals surface area contributed by atoms with Gasteiger partial charge in [0.25, 0.3) is 0 Å². The Labute approximate surface area is 120 Å². The number of ether oxygens (including phenoxy) is 1. The first-order valence-corrected chi connectivity index (χ1v) is 7.03. The fourth-order valence-corrected chi connectivity index (χ4v) is 1.98. The van der Waals surface area contributed by atoms with Crippen molar-refractivity contribution in [2.75, 3.05) is 6.54 Å². The number of nitrogens with two attached hydrogens (primary N) is 1. The first-order valence-electron chi connectivity index (χ1n) is 7.03. The molecule has 0 bridgehead atoms. The maximum atomic E-state index is 5.89. The molecule has 0 aliphatic rings. The molecular formula is C17H22N2O. The van der Waals surface area contributed by atoms with Crippen LogP contribution in [0.3, 0.4) is 0 Å². The molecule has 0 saturated carbocycles. The number of benzene rings is 1. The predicted octanol–water partition coefficient (Wildman–Crippen LogP) is 3.81. The van der Waals surface area contributed by atoms with E-state index in [1.807, 2.05) is 25.3 Å². The molecule has 2 aromatic rings. The number of pyridine rings is 1. The second-order valence-electron chi connectivity index (χ2n) is 5.33. The molecule has 0 unspecified atom stereocenters. The minimum Gasteiger partial charge on any atom is -0.439 e. The Morgan fingerprint density at radius 2 is 2.00 bits per heavy atom. The Balaban J connectivity index is 2.18. The van der Waals surface area contributed by atoms with Gasteiger partial charge in [-0.1, -0.05) is 32.0 Å². The van der Waals surface area contributed by atoms with Crippen LogP contribution in [0.5, 0.6) is 11.6 Å². The molecule has 20 heavy (non-hydrogen) atoms. The summed E-state index contributed by atoms with van der Waals surface area (Å²) < 4.78 is 5.89. The highest BCUT2D eigenvalue weighted by Crippen LogP contribution is 2.27. The average Bonchev–Trinajstić information content (AvgIpc) is 2.43. The van der Waals surface area contributed by atoms with Crippen LogP contribution in [0.25, 0.3) is 0 Å². The second kappa shape index (κ2) is 6.53. The molecule has 0 saturated heterocycles. The molecule has 2 rings (SSSR count). The van der Waals surface area contributed by atoms with Gasteiger partial charge in [-0.3, -0.25) is 0 Å². The normalized spacial score (nSPS) is 10.8. The number of aromatic nitrogens is 1. The van der Waals surface area contributed by atoms with Crippen LogP contribution in [0, 0.1) is 6.92 Å². The Hall–Kier alpha value is -1.87. The third-order valence-corrected chi connectivity index (χ3v) is 3.32. The fourth-order valence-electron chi connectivity index (χ4n) is 1.98. The molecule has 0 radical (unpaired) electrons. The summed E-state index contributed by atoms with van der Waals surface area (Å²) in [5.41, 5.74) is 9.04. The SMILES string of the molecule is Cc1ccc(C(C)C)cc1Oc1ccc(CCN)cn1. The standard InChI is InChI=1S/C17H22N2O/c1-12(2)15-6-4-13(3)16(10-15)20-17-7-5-14(8-9-18)11-19-17/h4-7,10-12H,8-9,18H2,1-3H3. The van der Waals surface area contributed by atoms with Crippen molar-refractivity contribution >= 4 is 0 Å². The van der Waals surface area contributed by atoms with Crippen molar-refractivity contribution < 1.29 is 4.74 Å². The number of nitrogens with zero attached hydrogens (tertiary/aromatic N) is 1. The third kappa shape index (κ3) is 3.58. The summed E-state index contributed by atoms with van der Waals surface area (Å²) in [6.45, 7) is 7.03. The zero-order valence-electron chi connectivity index (χ0n) is 12.4. The summed E-state index contributed by atoms with van der Waals surface area (Å²) in [7, 11) is 0. The van der Waals surface area contributed by atoms with Gasteiger partial charge in [0.05, 0.1) is 0 Å². The molecule has 0 aliphatic heterocycles. The predicted molar refractivity (Wildman–Crippen MR) is 82.3 cm³/mol. The van der Waals surface area contributed by atoms with Crippen LogP contribution < -0.4 is 10.5 Å². The van der Waals surface area contributed by atoms with E-state index >= 15 is 0 Å². The average molecular weight is 270 g/mol. The van der Waals surface area contributed by atoms with Gasteiger partial charge in [0, 0.05) is 12.3 Å². The van der Waals surface area contributed by atoms with Crippen LogP contribution in [0.1, 0.15) is 36.5 Å². The van der Waals surface area contributed by atoms with Crippen molar-refractivity contribution in [2.45, 2.75) is 33.1 Å². The molecule has 0 aliphatic carbocycles. The zero-order chi connectivity index (χ0) is 14.5. The van der Waals surface area contributed by atoms with Crippen LogP contribution in [0.2, 0.25) is 0 Å². The maximum absolute atomic E-state index is 5.89. The number of hydrogen-bond donors (Lipinski definition) is 1. The van der Waals surface area contributed by atoms with E-state index in [1.165, 1.54) is 5.56 Å². The van der Waals surface area contributed by atoms with Crippen molar-refractivity contribution in [1.82, 2.24) is 4.98 Å². The van der Waals surface area contributed by atoms with Crippen LogP contribution >= 0.6 is 0 Å². The van der Waals surface area contributed by atoms with Crippen molar-refractivity contribution in [1.29, 1.82) is 0 Å². The lowest BCUT2D eigenvalue weighted by atomic mass is 10.0.